The molecule has 2 rings (SSSR count). The number of hydrogen-bond donors (Lipinski definition) is 0. The second kappa shape index (κ2) is 4.68. The molecule has 2 saturated carbocycles. The molecule has 0 spiro atoms. The van der Waals surface area contributed by atoms with Crippen molar-refractivity contribution >= 4 is 11.6 Å². The molecule has 0 aromatic carbocycles. The van der Waals surface area contributed by atoms with Gasteiger partial charge in [-0.25, -0.2) is 0 Å². The molecule has 0 heterocycles. The Morgan fingerprint density at radius 3 is 1.50 bits per heavy atom. The van der Waals surface area contributed by atoms with E-state index in [9.17, 15) is 9.59 Å². The zero-order chi connectivity index (χ0) is 11.7. The van der Waals surface area contributed by atoms with Crippen LogP contribution in [-0.2, 0) is 9.59 Å². The molecule has 0 radical (unpaired) electrons. The second-order valence-corrected chi connectivity index (χ2v) is 5.80. The predicted octanol–water partition coefficient (Wildman–Crippen LogP) is 3.00. The van der Waals surface area contributed by atoms with Gasteiger partial charge in [0.25, 0.3) is 0 Å². The van der Waals surface area contributed by atoms with Crippen molar-refractivity contribution in [2.75, 3.05) is 0 Å². The molecule has 4 atom stereocenters. The Hall–Kier alpha value is -0.660. The summed E-state index contributed by atoms with van der Waals surface area (Å²) in [5.41, 5.74) is 0. The smallest absolute Gasteiger partial charge is 0.135 e. The summed E-state index contributed by atoms with van der Waals surface area (Å²) in [6.07, 6.45) is 5.79. The van der Waals surface area contributed by atoms with E-state index in [0.717, 1.165) is 38.5 Å². The van der Waals surface area contributed by atoms with Crippen LogP contribution in [0.25, 0.3) is 0 Å². The third kappa shape index (κ3) is 2.36. The average molecular weight is 222 g/mol. The van der Waals surface area contributed by atoms with E-state index in [2.05, 4.69) is 13.8 Å². The number of hydrogen-bond acceptors (Lipinski definition) is 2. The quantitative estimate of drug-likeness (QED) is 0.683. The lowest BCUT2D eigenvalue weighted by molar-refractivity contribution is -0.128. The summed E-state index contributed by atoms with van der Waals surface area (Å²) in [4.78, 5) is 23.0. The van der Waals surface area contributed by atoms with Crippen LogP contribution in [0.5, 0.6) is 0 Å². The summed E-state index contributed by atoms with van der Waals surface area (Å²) < 4.78 is 0. The molecule has 0 aliphatic heterocycles. The molecule has 16 heavy (non-hydrogen) atoms. The Bertz CT molecular complexity index is 265. The van der Waals surface area contributed by atoms with Crippen molar-refractivity contribution in [3.8, 4) is 0 Å². The molecule has 0 amide bonds. The van der Waals surface area contributed by atoms with Gasteiger partial charge in [-0.2, -0.15) is 0 Å². The van der Waals surface area contributed by atoms with Crippen molar-refractivity contribution in [3.63, 3.8) is 0 Å². The molecule has 0 bridgehead atoms. The van der Waals surface area contributed by atoms with E-state index in [4.69, 9.17) is 0 Å². The van der Waals surface area contributed by atoms with Gasteiger partial charge in [0, 0.05) is 24.7 Å². The molecule has 4 unspecified atom stereocenters. The molecule has 2 aliphatic carbocycles. The second-order valence-electron chi connectivity index (χ2n) is 5.80. The van der Waals surface area contributed by atoms with Crippen molar-refractivity contribution in [1.29, 1.82) is 0 Å². The first-order valence-electron chi connectivity index (χ1n) is 6.63. The van der Waals surface area contributed by atoms with Crippen LogP contribution >= 0.6 is 0 Å². The highest BCUT2D eigenvalue weighted by Crippen LogP contribution is 2.39. The van der Waals surface area contributed by atoms with Crippen LogP contribution < -0.4 is 0 Å². The van der Waals surface area contributed by atoms with Gasteiger partial charge in [-0.05, 0) is 37.5 Å². The van der Waals surface area contributed by atoms with E-state index in [-0.39, 0.29) is 11.8 Å². The van der Waals surface area contributed by atoms with Crippen LogP contribution in [0.15, 0.2) is 0 Å². The van der Waals surface area contributed by atoms with E-state index in [1.807, 2.05) is 0 Å². The van der Waals surface area contributed by atoms with Crippen LogP contribution in [0.4, 0.5) is 0 Å². The van der Waals surface area contributed by atoms with Gasteiger partial charge in [0.2, 0.25) is 0 Å². The topological polar surface area (TPSA) is 34.1 Å². The molecule has 0 N–H and O–H groups in total. The molecule has 2 heteroatoms. The lowest BCUT2D eigenvalue weighted by Crippen LogP contribution is -2.32. The molecule has 0 saturated heterocycles. The molecule has 2 fully saturated rings. The van der Waals surface area contributed by atoms with Gasteiger partial charge in [0.15, 0.2) is 0 Å². The monoisotopic (exact) mass is 222 g/mol. The standard InChI is InChI=1S/C14H22O2/c1-9-7-11(3-5-13(9)15)12-4-6-14(16)10(2)8-12/h9-12H,3-8H2,1-2H3. The molecule has 0 aromatic rings. The van der Waals surface area contributed by atoms with Gasteiger partial charge in [0.1, 0.15) is 11.6 Å². The fraction of sp³-hybridized carbons (Fsp3) is 0.857. The Labute approximate surface area is 97.8 Å². The van der Waals surface area contributed by atoms with E-state index in [0.29, 0.717) is 23.4 Å². The maximum atomic E-state index is 11.5. The minimum absolute atomic E-state index is 0.256. The minimum atomic E-state index is 0.256. The molecular formula is C14H22O2. The van der Waals surface area contributed by atoms with Gasteiger partial charge < -0.3 is 0 Å². The Morgan fingerprint density at radius 2 is 1.19 bits per heavy atom. The minimum Gasteiger partial charge on any atom is -0.299 e. The van der Waals surface area contributed by atoms with Gasteiger partial charge in [-0.1, -0.05) is 13.8 Å². The normalized spacial score (nSPS) is 41.1. The van der Waals surface area contributed by atoms with Crippen molar-refractivity contribution in [3.05, 3.63) is 0 Å². The van der Waals surface area contributed by atoms with Crippen LogP contribution in [0.3, 0.4) is 0 Å². The van der Waals surface area contributed by atoms with Crippen LogP contribution in [-0.4, -0.2) is 11.6 Å². The van der Waals surface area contributed by atoms with E-state index in [1.165, 1.54) is 0 Å². The number of carbonyl (C=O) groups excluding carboxylic acids is 2. The largest absolute Gasteiger partial charge is 0.299 e. The van der Waals surface area contributed by atoms with E-state index < -0.39 is 0 Å². The summed E-state index contributed by atoms with van der Waals surface area (Å²) >= 11 is 0. The lowest BCUT2D eigenvalue weighted by Gasteiger charge is -2.36. The number of rotatable bonds is 1. The molecule has 0 aromatic heterocycles. The Morgan fingerprint density at radius 1 is 0.812 bits per heavy atom. The summed E-state index contributed by atoms with van der Waals surface area (Å²) in [5.74, 6) is 2.79. The maximum Gasteiger partial charge on any atom is 0.135 e. The third-order valence-corrected chi connectivity index (χ3v) is 4.60. The Balaban J connectivity index is 1.93. The molecule has 2 aliphatic rings. The van der Waals surface area contributed by atoms with E-state index in [1.54, 1.807) is 0 Å². The zero-order valence-electron chi connectivity index (χ0n) is 10.4. The first-order chi connectivity index (χ1) is 7.58. The highest BCUT2D eigenvalue weighted by atomic mass is 16.1. The average Bonchev–Trinajstić information content (AvgIpc) is 2.26. The molecule has 2 nitrogen and oxygen atoms in total. The van der Waals surface area contributed by atoms with E-state index >= 15 is 0 Å². The van der Waals surface area contributed by atoms with Crippen molar-refractivity contribution in [1.82, 2.24) is 0 Å². The van der Waals surface area contributed by atoms with Gasteiger partial charge in [0.05, 0.1) is 0 Å². The lowest BCUT2D eigenvalue weighted by atomic mass is 9.68. The van der Waals surface area contributed by atoms with Crippen LogP contribution in [0.1, 0.15) is 52.4 Å². The van der Waals surface area contributed by atoms with Crippen LogP contribution in [0, 0.1) is 23.7 Å². The summed E-state index contributed by atoms with van der Waals surface area (Å²) in [5, 5.41) is 0. The number of carbonyl (C=O) groups is 2. The maximum absolute atomic E-state index is 11.5. The third-order valence-electron chi connectivity index (χ3n) is 4.60. The van der Waals surface area contributed by atoms with Crippen LogP contribution in [0.2, 0.25) is 0 Å². The van der Waals surface area contributed by atoms with Gasteiger partial charge in [-0.3, -0.25) is 9.59 Å². The van der Waals surface area contributed by atoms with Crippen molar-refractivity contribution in [2.45, 2.75) is 52.4 Å². The Kier molecular flexibility index (Phi) is 3.46. The van der Waals surface area contributed by atoms with Gasteiger partial charge >= 0.3 is 0 Å². The first kappa shape index (κ1) is 11.8. The van der Waals surface area contributed by atoms with Crippen molar-refractivity contribution in [2.24, 2.45) is 23.7 Å². The fourth-order valence-electron chi connectivity index (χ4n) is 3.41. The zero-order valence-corrected chi connectivity index (χ0v) is 10.4. The molecular weight excluding hydrogens is 200 g/mol. The summed E-state index contributed by atoms with van der Waals surface area (Å²) in [7, 11) is 0. The fourth-order valence-corrected chi connectivity index (χ4v) is 3.41. The first-order valence-corrected chi connectivity index (χ1v) is 6.63. The molecule has 90 valence electrons. The number of Topliss-reactive ketones (excluding diaryl/α,β-unsaturated/α-hetero) is 2. The SMILES string of the molecule is CC1CC(C2CCC(=O)C(C)C2)CCC1=O. The van der Waals surface area contributed by atoms with Crippen molar-refractivity contribution < 1.29 is 9.59 Å². The predicted molar refractivity (Wildman–Crippen MR) is 63.0 cm³/mol. The highest BCUT2D eigenvalue weighted by molar-refractivity contribution is 5.82. The highest BCUT2D eigenvalue weighted by Gasteiger charge is 2.34. The number of ketones is 2. The summed E-state index contributed by atoms with van der Waals surface area (Å²) in [6, 6.07) is 0. The van der Waals surface area contributed by atoms with Gasteiger partial charge in [-0.15, -0.1) is 0 Å². The summed E-state index contributed by atoms with van der Waals surface area (Å²) in [6.45, 7) is 4.12.